The lowest BCUT2D eigenvalue weighted by molar-refractivity contribution is -0.128. The van der Waals surface area contributed by atoms with E-state index in [1.807, 2.05) is 0 Å². The number of anilines is 1. The van der Waals surface area contributed by atoms with Crippen molar-refractivity contribution in [1.29, 1.82) is 0 Å². The number of amides is 1. The third-order valence-electron chi connectivity index (χ3n) is 5.11. The molecule has 1 saturated carbocycles. The van der Waals surface area contributed by atoms with E-state index in [1.54, 1.807) is 50.4 Å². The van der Waals surface area contributed by atoms with Crippen molar-refractivity contribution in [2.45, 2.75) is 56.1 Å². The molecule has 8 heteroatoms. The van der Waals surface area contributed by atoms with Gasteiger partial charge in [0.05, 0.1) is 12.0 Å². The van der Waals surface area contributed by atoms with Crippen molar-refractivity contribution in [3.05, 3.63) is 48.5 Å². The molecule has 1 fully saturated rings. The van der Waals surface area contributed by atoms with E-state index in [-0.39, 0.29) is 16.8 Å². The standard InChI is InChI=1S/C22H28N2O5S/c1-16(22(25)23-17-6-4-3-5-7-17)29-20-12-14-21(15-13-20)30(26,27)24-18-8-10-19(28-2)11-9-18/h8-17,24H,3-7H2,1-2H3,(H,23,25)/t16-/m0/s1. The zero-order chi connectivity index (χ0) is 21.6. The Labute approximate surface area is 177 Å². The highest BCUT2D eigenvalue weighted by Crippen LogP contribution is 2.22. The summed E-state index contributed by atoms with van der Waals surface area (Å²) in [5.41, 5.74) is 0.434. The summed E-state index contributed by atoms with van der Waals surface area (Å²) in [4.78, 5) is 12.4. The Morgan fingerprint density at radius 3 is 2.17 bits per heavy atom. The third kappa shape index (κ3) is 5.89. The predicted octanol–water partition coefficient (Wildman–Crippen LogP) is 3.71. The van der Waals surface area contributed by atoms with Crippen LogP contribution in [0.25, 0.3) is 0 Å². The normalized spacial score (nSPS) is 15.8. The lowest BCUT2D eigenvalue weighted by atomic mass is 9.95. The molecule has 2 aromatic carbocycles. The molecule has 0 aliphatic heterocycles. The van der Waals surface area contributed by atoms with Gasteiger partial charge in [-0.05, 0) is 68.3 Å². The zero-order valence-electron chi connectivity index (χ0n) is 17.3. The van der Waals surface area contributed by atoms with Gasteiger partial charge in [-0.3, -0.25) is 9.52 Å². The van der Waals surface area contributed by atoms with E-state index in [2.05, 4.69) is 10.0 Å². The molecule has 0 heterocycles. The number of hydrogen-bond acceptors (Lipinski definition) is 5. The molecule has 2 aromatic rings. The summed E-state index contributed by atoms with van der Waals surface area (Å²) < 4.78 is 38.4. The van der Waals surface area contributed by atoms with Crippen LogP contribution in [0.2, 0.25) is 0 Å². The number of carbonyl (C=O) groups is 1. The highest BCUT2D eigenvalue weighted by molar-refractivity contribution is 7.92. The van der Waals surface area contributed by atoms with Gasteiger partial charge in [-0.25, -0.2) is 8.42 Å². The SMILES string of the molecule is COc1ccc(NS(=O)(=O)c2ccc(O[C@@H](C)C(=O)NC3CCCCC3)cc2)cc1. The van der Waals surface area contributed by atoms with E-state index in [0.717, 1.165) is 25.7 Å². The summed E-state index contributed by atoms with van der Waals surface area (Å²) in [5.74, 6) is 0.922. The molecule has 162 valence electrons. The maximum atomic E-state index is 12.6. The van der Waals surface area contributed by atoms with Gasteiger partial charge in [0.1, 0.15) is 11.5 Å². The number of rotatable bonds is 8. The molecule has 0 unspecified atom stereocenters. The lowest BCUT2D eigenvalue weighted by Gasteiger charge is -2.24. The summed E-state index contributed by atoms with van der Waals surface area (Å²) in [7, 11) is -2.19. The Balaban J connectivity index is 1.58. The number of ether oxygens (including phenoxy) is 2. The van der Waals surface area contributed by atoms with Crippen molar-refractivity contribution >= 4 is 21.6 Å². The van der Waals surface area contributed by atoms with Crippen LogP contribution >= 0.6 is 0 Å². The molecule has 0 aromatic heterocycles. The first-order valence-corrected chi connectivity index (χ1v) is 11.6. The fraction of sp³-hybridized carbons (Fsp3) is 0.409. The van der Waals surface area contributed by atoms with E-state index in [1.165, 1.54) is 18.6 Å². The zero-order valence-corrected chi connectivity index (χ0v) is 18.1. The van der Waals surface area contributed by atoms with Gasteiger partial charge in [0.15, 0.2) is 6.10 Å². The van der Waals surface area contributed by atoms with Crippen LogP contribution in [0, 0.1) is 0 Å². The molecule has 2 N–H and O–H groups in total. The first kappa shape index (κ1) is 22.0. The van der Waals surface area contributed by atoms with Gasteiger partial charge in [0, 0.05) is 11.7 Å². The van der Waals surface area contributed by atoms with Gasteiger partial charge in [-0.15, -0.1) is 0 Å². The highest BCUT2D eigenvalue weighted by Gasteiger charge is 2.21. The van der Waals surface area contributed by atoms with Crippen LogP contribution < -0.4 is 19.5 Å². The molecular formula is C22H28N2O5S. The van der Waals surface area contributed by atoms with Gasteiger partial charge in [-0.2, -0.15) is 0 Å². The second-order valence-electron chi connectivity index (χ2n) is 7.41. The fourth-order valence-corrected chi connectivity index (χ4v) is 4.45. The van der Waals surface area contributed by atoms with Gasteiger partial charge < -0.3 is 14.8 Å². The quantitative estimate of drug-likeness (QED) is 0.663. The van der Waals surface area contributed by atoms with Gasteiger partial charge in [0.25, 0.3) is 15.9 Å². The van der Waals surface area contributed by atoms with Crippen LogP contribution in [0.15, 0.2) is 53.4 Å². The smallest absolute Gasteiger partial charge is 0.261 e. The molecule has 1 atom stereocenters. The summed E-state index contributed by atoms with van der Waals surface area (Å²) in [6, 6.07) is 12.8. The predicted molar refractivity (Wildman–Crippen MR) is 115 cm³/mol. The number of sulfonamides is 1. The van der Waals surface area contributed by atoms with Crippen molar-refractivity contribution in [3.63, 3.8) is 0 Å². The summed E-state index contributed by atoms with van der Waals surface area (Å²) in [6.07, 6.45) is 4.85. The van der Waals surface area contributed by atoms with Crippen molar-refractivity contribution in [2.75, 3.05) is 11.8 Å². The number of benzene rings is 2. The average Bonchev–Trinajstić information content (AvgIpc) is 2.75. The van der Waals surface area contributed by atoms with E-state index in [4.69, 9.17) is 9.47 Å². The van der Waals surface area contributed by atoms with Crippen LogP contribution in [0.5, 0.6) is 11.5 Å². The molecule has 1 aliphatic carbocycles. The number of carbonyl (C=O) groups excluding carboxylic acids is 1. The monoisotopic (exact) mass is 432 g/mol. The molecular weight excluding hydrogens is 404 g/mol. The molecule has 1 amide bonds. The van der Waals surface area contributed by atoms with Crippen molar-refractivity contribution in [3.8, 4) is 11.5 Å². The summed E-state index contributed by atoms with van der Waals surface area (Å²) in [6.45, 7) is 1.69. The average molecular weight is 433 g/mol. The molecule has 0 bridgehead atoms. The topological polar surface area (TPSA) is 93.7 Å². The number of hydrogen-bond donors (Lipinski definition) is 2. The molecule has 0 spiro atoms. The third-order valence-corrected chi connectivity index (χ3v) is 6.51. The van der Waals surface area contributed by atoms with Crippen LogP contribution in [0.1, 0.15) is 39.0 Å². The Morgan fingerprint density at radius 2 is 1.57 bits per heavy atom. The van der Waals surface area contributed by atoms with Crippen LogP contribution in [0.4, 0.5) is 5.69 Å². The number of methoxy groups -OCH3 is 1. The van der Waals surface area contributed by atoms with Crippen molar-refractivity contribution < 1.29 is 22.7 Å². The molecule has 30 heavy (non-hydrogen) atoms. The molecule has 3 rings (SSSR count). The first-order chi connectivity index (χ1) is 14.4. The fourth-order valence-electron chi connectivity index (χ4n) is 3.39. The van der Waals surface area contributed by atoms with Gasteiger partial charge in [-0.1, -0.05) is 19.3 Å². The maximum absolute atomic E-state index is 12.6. The Kier molecular flexibility index (Phi) is 7.20. The van der Waals surface area contributed by atoms with E-state index in [9.17, 15) is 13.2 Å². The summed E-state index contributed by atoms with van der Waals surface area (Å²) in [5, 5.41) is 3.03. The minimum absolute atomic E-state index is 0.102. The van der Waals surface area contributed by atoms with Gasteiger partial charge >= 0.3 is 0 Å². The number of nitrogens with one attached hydrogen (secondary N) is 2. The Hall–Kier alpha value is -2.74. The minimum Gasteiger partial charge on any atom is -0.497 e. The highest BCUT2D eigenvalue weighted by atomic mass is 32.2. The largest absolute Gasteiger partial charge is 0.497 e. The van der Waals surface area contributed by atoms with E-state index < -0.39 is 16.1 Å². The first-order valence-electron chi connectivity index (χ1n) is 10.1. The molecule has 0 radical (unpaired) electrons. The van der Waals surface area contributed by atoms with Crippen molar-refractivity contribution in [2.24, 2.45) is 0 Å². The second-order valence-corrected chi connectivity index (χ2v) is 9.09. The Morgan fingerprint density at radius 1 is 0.967 bits per heavy atom. The lowest BCUT2D eigenvalue weighted by Crippen LogP contribution is -2.43. The van der Waals surface area contributed by atoms with Crippen LogP contribution in [-0.4, -0.2) is 33.6 Å². The van der Waals surface area contributed by atoms with E-state index in [0.29, 0.717) is 17.2 Å². The molecule has 1 aliphatic rings. The molecule has 7 nitrogen and oxygen atoms in total. The van der Waals surface area contributed by atoms with Gasteiger partial charge in [0.2, 0.25) is 0 Å². The van der Waals surface area contributed by atoms with E-state index >= 15 is 0 Å². The second kappa shape index (κ2) is 9.84. The maximum Gasteiger partial charge on any atom is 0.261 e. The molecule has 0 saturated heterocycles. The Bertz CT molecular complexity index is 936. The van der Waals surface area contributed by atoms with Crippen LogP contribution in [-0.2, 0) is 14.8 Å². The minimum atomic E-state index is -3.74. The van der Waals surface area contributed by atoms with Crippen LogP contribution in [0.3, 0.4) is 0 Å². The summed E-state index contributed by atoms with van der Waals surface area (Å²) >= 11 is 0. The van der Waals surface area contributed by atoms with Crippen molar-refractivity contribution in [1.82, 2.24) is 5.32 Å².